The molecule has 0 unspecified atom stereocenters. The Kier molecular flexibility index (Phi) is 6.53. The van der Waals surface area contributed by atoms with Gasteiger partial charge in [-0.05, 0) is 35.9 Å². The fourth-order valence-electron chi connectivity index (χ4n) is 2.20. The summed E-state index contributed by atoms with van der Waals surface area (Å²) < 4.78 is 27.4. The standard InChI is InChI=1S/C17H22N2O3S2/c1-13(2)16(17(20)18-11-10-14-7-6-12-23-14)19-24(21,22)15-8-4-3-5-9-15/h3-9,12-13,16,19H,10-11H2,1-2H3,(H,18,20)/t16-/m1/s1. The van der Waals surface area contributed by atoms with Gasteiger partial charge in [-0.2, -0.15) is 4.72 Å². The highest BCUT2D eigenvalue weighted by atomic mass is 32.2. The van der Waals surface area contributed by atoms with Gasteiger partial charge in [-0.15, -0.1) is 11.3 Å². The third-order valence-corrected chi connectivity index (χ3v) is 5.93. The minimum absolute atomic E-state index is 0.155. The van der Waals surface area contributed by atoms with Crippen LogP contribution in [0.15, 0.2) is 52.7 Å². The van der Waals surface area contributed by atoms with Crippen LogP contribution in [0.1, 0.15) is 18.7 Å². The van der Waals surface area contributed by atoms with Gasteiger partial charge in [-0.25, -0.2) is 8.42 Å². The molecule has 1 amide bonds. The average molecular weight is 367 g/mol. The van der Waals surface area contributed by atoms with Gasteiger partial charge in [-0.1, -0.05) is 38.1 Å². The summed E-state index contributed by atoms with van der Waals surface area (Å²) in [5.74, 6) is -0.466. The topological polar surface area (TPSA) is 75.3 Å². The third-order valence-electron chi connectivity index (χ3n) is 3.54. The summed E-state index contributed by atoms with van der Waals surface area (Å²) in [6.07, 6.45) is 0.736. The van der Waals surface area contributed by atoms with Gasteiger partial charge in [0.25, 0.3) is 0 Å². The Morgan fingerprint density at radius 3 is 2.42 bits per heavy atom. The number of carbonyl (C=O) groups is 1. The van der Waals surface area contributed by atoms with Crippen molar-refractivity contribution in [2.24, 2.45) is 5.92 Å². The molecule has 0 spiro atoms. The summed E-state index contributed by atoms with van der Waals surface area (Å²) >= 11 is 1.63. The van der Waals surface area contributed by atoms with E-state index in [2.05, 4.69) is 10.0 Å². The Bertz CT molecular complexity index is 741. The summed E-state index contributed by atoms with van der Waals surface area (Å²) in [4.78, 5) is 13.7. The van der Waals surface area contributed by atoms with Crippen molar-refractivity contribution < 1.29 is 13.2 Å². The molecule has 0 aliphatic carbocycles. The first-order valence-electron chi connectivity index (χ1n) is 7.77. The van der Waals surface area contributed by atoms with E-state index in [4.69, 9.17) is 0 Å². The summed E-state index contributed by atoms with van der Waals surface area (Å²) in [6.45, 7) is 4.11. The second-order valence-corrected chi connectivity index (χ2v) is 8.52. The molecule has 0 aliphatic heterocycles. The number of hydrogen-bond donors (Lipinski definition) is 2. The Hall–Kier alpha value is -1.70. The molecule has 0 fully saturated rings. The highest BCUT2D eigenvalue weighted by molar-refractivity contribution is 7.89. The van der Waals surface area contributed by atoms with Crippen LogP contribution < -0.4 is 10.0 Å². The highest BCUT2D eigenvalue weighted by Crippen LogP contribution is 2.12. The van der Waals surface area contributed by atoms with Crippen LogP contribution >= 0.6 is 11.3 Å². The number of rotatable bonds is 8. The predicted molar refractivity (Wildman–Crippen MR) is 96.4 cm³/mol. The van der Waals surface area contributed by atoms with E-state index in [1.165, 1.54) is 17.0 Å². The van der Waals surface area contributed by atoms with Gasteiger partial charge in [0.1, 0.15) is 6.04 Å². The molecule has 1 atom stereocenters. The molecule has 5 nitrogen and oxygen atoms in total. The summed E-state index contributed by atoms with van der Waals surface area (Å²) in [5, 5.41) is 4.81. The predicted octanol–water partition coefficient (Wildman–Crippen LogP) is 2.41. The normalized spacial score (nSPS) is 13.0. The van der Waals surface area contributed by atoms with Crippen LogP contribution in [0.2, 0.25) is 0 Å². The lowest BCUT2D eigenvalue weighted by molar-refractivity contribution is -0.123. The van der Waals surface area contributed by atoms with Crippen LogP contribution in [-0.2, 0) is 21.2 Å². The Balaban J connectivity index is 1.99. The lowest BCUT2D eigenvalue weighted by atomic mass is 10.1. The van der Waals surface area contributed by atoms with Crippen molar-refractivity contribution in [3.63, 3.8) is 0 Å². The number of carbonyl (C=O) groups excluding carboxylic acids is 1. The van der Waals surface area contributed by atoms with Crippen LogP contribution in [0.5, 0.6) is 0 Å². The minimum atomic E-state index is -3.73. The molecule has 0 radical (unpaired) electrons. The fourth-order valence-corrected chi connectivity index (χ4v) is 4.27. The molecule has 1 aromatic heterocycles. The molecule has 0 bridgehead atoms. The minimum Gasteiger partial charge on any atom is -0.354 e. The van der Waals surface area contributed by atoms with Crippen molar-refractivity contribution in [2.75, 3.05) is 6.54 Å². The average Bonchev–Trinajstić information content (AvgIpc) is 3.06. The molecular formula is C17H22N2O3S2. The van der Waals surface area contributed by atoms with Crippen molar-refractivity contribution in [1.29, 1.82) is 0 Å². The summed E-state index contributed by atoms with van der Waals surface area (Å²) in [5.41, 5.74) is 0. The first-order valence-corrected chi connectivity index (χ1v) is 10.1. The molecule has 0 saturated heterocycles. The molecule has 24 heavy (non-hydrogen) atoms. The molecule has 1 aromatic carbocycles. The van der Waals surface area contributed by atoms with E-state index in [0.29, 0.717) is 6.54 Å². The van der Waals surface area contributed by atoms with Gasteiger partial charge in [0.05, 0.1) is 4.90 Å². The number of sulfonamides is 1. The van der Waals surface area contributed by atoms with Crippen molar-refractivity contribution >= 4 is 27.3 Å². The fraction of sp³-hybridized carbons (Fsp3) is 0.353. The van der Waals surface area contributed by atoms with Crippen molar-refractivity contribution in [3.8, 4) is 0 Å². The molecule has 1 heterocycles. The van der Waals surface area contributed by atoms with E-state index < -0.39 is 16.1 Å². The quantitative estimate of drug-likeness (QED) is 0.753. The number of hydrogen-bond acceptors (Lipinski definition) is 4. The molecule has 0 aliphatic rings. The SMILES string of the molecule is CC(C)[C@@H](NS(=O)(=O)c1ccccc1)C(=O)NCCc1cccs1. The smallest absolute Gasteiger partial charge is 0.241 e. The van der Waals surface area contributed by atoms with Crippen LogP contribution in [0, 0.1) is 5.92 Å². The Labute approximate surface area is 147 Å². The maximum atomic E-state index is 12.4. The first kappa shape index (κ1) is 18.6. The zero-order valence-corrected chi connectivity index (χ0v) is 15.4. The van der Waals surface area contributed by atoms with E-state index >= 15 is 0 Å². The lowest BCUT2D eigenvalue weighted by Gasteiger charge is -2.21. The van der Waals surface area contributed by atoms with E-state index in [0.717, 1.165) is 6.42 Å². The largest absolute Gasteiger partial charge is 0.354 e. The zero-order chi connectivity index (χ0) is 17.6. The highest BCUT2D eigenvalue weighted by Gasteiger charge is 2.28. The summed E-state index contributed by atoms with van der Waals surface area (Å²) in [7, 11) is -3.73. The molecule has 2 rings (SSSR count). The molecule has 2 N–H and O–H groups in total. The van der Waals surface area contributed by atoms with Crippen LogP contribution in [0.4, 0.5) is 0 Å². The van der Waals surface area contributed by atoms with Gasteiger partial charge < -0.3 is 5.32 Å². The second-order valence-electron chi connectivity index (χ2n) is 5.78. The molecule has 130 valence electrons. The number of amides is 1. The molecular weight excluding hydrogens is 344 g/mol. The van der Waals surface area contributed by atoms with E-state index in [9.17, 15) is 13.2 Å². The molecule has 7 heteroatoms. The maximum absolute atomic E-state index is 12.4. The van der Waals surface area contributed by atoms with Gasteiger partial charge in [0, 0.05) is 11.4 Å². The van der Waals surface area contributed by atoms with Gasteiger partial charge in [0.2, 0.25) is 15.9 Å². The third kappa shape index (κ3) is 5.15. The van der Waals surface area contributed by atoms with Gasteiger partial charge in [0.15, 0.2) is 0 Å². The van der Waals surface area contributed by atoms with Crippen LogP contribution in [0.3, 0.4) is 0 Å². The van der Waals surface area contributed by atoms with E-state index in [1.54, 1.807) is 29.5 Å². The molecule has 2 aromatic rings. The zero-order valence-electron chi connectivity index (χ0n) is 13.7. The van der Waals surface area contributed by atoms with E-state index in [-0.39, 0.29) is 16.7 Å². The second kappa shape index (κ2) is 8.41. The number of benzene rings is 1. The Morgan fingerprint density at radius 2 is 1.83 bits per heavy atom. The number of thiophene rings is 1. The Morgan fingerprint density at radius 1 is 1.12 bits per heavy atom. The van der Waals surface area contributed by atoms with Gasteiger partial charge in [-0.3, -0.25) is 4.79 Å². The van der Waals surface area contributed by atoms with Crippen molar-refractivity contribution in [2.45, 2.75) is 31.2 Å². The number of nitrogens with one attached hydrogen (secondary N) is 2. The maximum Gasteiger partial charge on any atom is 0.241 e. The first-order chi connectivity index (χ1) is 11.4. The van der Waals surface area contributed by atoms with Crippen LogP contribution in [-0.4, -0.2) is 26.9 Å². The van der Waals surface area contributed by atoms with Crippen LogP contribution in [0.25, 0.3) is 0 Å². The van der Waals surface area contributed by atoms with Gasteiger partial charge >= 0.3 is 0 Å². The van der Waals surface area contributed by atoms with Crippen molar-refractivity contribution in [1.82, 2.24) is 10.0 Å². The monoisotopic (exact) mass is 366 g/mol. The summed E-state index contributed by atoms with van der Waals surface area (Å²) in [6, 6.07) is 11.2. The molecule has 0 saturated carbocycles. The van der Waals surface area contributed by atoms with Crippen molar-refractivity contribution in [3.05, 3.63) is 52.7 Å². The lowest BCUT2D eigenvalue weighted by Crippen LogP contribution is -2.49. The van der Waals surface area contributed by atoms with E-state index in [1.807, 2.05) is 31.4 Å².